The number of nitrogens with one attached hydrogen (secondary N) is 1. The van der Waals surface area contributed by atoms with Crippen LogP contribution in [0.25, 0.3) is 10.9 Å². The molecule has 100 valence electrons. The average molecular weight is 284 g/mol. The molecule has 3 rings (SSSR count). The van der Waals surface area contributed by atoms with E-state index >= 15 is 0 Å². The fraction of sp³-hybridized carbons (Fsp3) is 0.0625. The predicted molar refractivity (Wildman–Crippen MR) is 85.6 cm³/mol. The molecule has 1 aromatic heterocycles. The molecule has 0 unspecified atom stereocenters. The smallest absolute Gasteiger partial charge is 0.0727 e. The van der Waals surface area contributed by atoms with E-state index in [1.165, 1.54) is 0 Å². The zero-order chi connectivity index (χ0) is 14.1. The molecule has 0 amide bonds. The zero-order valence-corrected chi connectivity index (χ0v) is 11.8. The Morgan fingerprint density at radius 1 is 1.10 bits per heavy atom. The maximum absolute atomic E-state index is 6.01. The first-order valence-electron chi connectivity index (χ1n) is 6.31. The number of hydrogen-bond acceptors (Lipinski definition) is 3. The molecule has 0 spiro atoms. The number of benzene rings is 2. The molecule has 3 aromatic rings. The molecule has 20 heavy (non-hydrogen) atoms. The van der Waals surface area contributed by atoms with Gasteiger partial charge >= 0.3 is 0 Å². The molecule has 0 saturated carbocycles. The fourth-order valence-electron chi connectivity index (χ4n) is 2.20. The van der Waals surface area contributed by atoms with E-state index < -0.39 is 0 Å². The molecule has 0 saturated heterocycles. The van der Waals surface area contributed by atoms with Gasteiger partial charge in [0.15, 0.2) is 0 Å². The fourth-order valence-corrected chi connectivity index (χ4v) is 2.39. The Morgan fingerprint density at radius 3 is 2.75 bits per heavy atom. The topological polar surface area (TPSA) is 50.9 Å². The van der Waals surface area contributed by atoms with Crippen molar-refractivity contribution in [3.8, 4) is 0 Å². The van der Waals surface area contributed by atoms with Crippen LogP contribution in [0.1, 0.15) is 5.69 Å². The lowest BCUT2D eigenvalue weighted by Crippen LogP contribution is -1.95. The summed E-state index contributed by atoms with van der Waals surface area (Å²) in [5.74, 6) is 0. The molecule has 0 atom stereocenters. The average Bonchev–Trinajstić information content (AvgIpc) is 2.39. The molecule has 1 heterocycles. The van der Waals surface area contributed by atoms with Crippen LogP contribution in [0.15, 0.2) is 48.5 Å². The highest BCUT2D eigenvalue weighted by molar-refractivity contribution is 6.30. The second kappa shape index (κ2) is 5.02. The molecular weight excluding hydrogens is 270 g/mol. The van der Waals surface area contributed by atoms with E-state index in [2.05, 4.69) is 10.3 Å². The normalized spacial score (nSPS) is 10.7. The van der Waals surface area contributed by atoms with Crippen molar-refractivity contribution < 1.29 is 0 Å². The van der Waals surface area contributed by atoms with Crippen LogP contribution in [-0.4, -0.2) is 4.98 Å². The van der Waals surface area contributed by atoms with Crippen molar-refractivity contribution in [3.05, 3.63) is 59.2 Å². The van der Waals surface area contributed by atoms with Gasteiger partial charge in [-0.05, 0) is 49.4 Å². The quantitative estimate of drug-likeness (QED) is 0.680. The molecule has 0 fully saturated rings. The lowest BCUT2D eigenvalue weighted by molar-refractivity contribution is 1.25. The van der Waals surface area contributed by atoms with Crippen LogP contribution in [0.5, 0.6) is 0 Å². The number of rotatable bonds is 2. The highest BCUT2D eigenvalue weighted by Gasteiger charge is 2.05. The Bertz CT molecular complexity index is 784. The standard InChI is InChI=1S/C16H14ClN3/c1-10-7-16(20-13-4-2-3-11(17)8-13)14-9-12(18)5-6-15(14)19-10/h2-9H,18H2,1H3,(H,19,20). The lowest BCUT2D eigenvalue weighted by atomic mass is 10.1. The maximum Gasteiger partial charge on any atom is 0.0727 e. The monoisotopic (exact) mass is 283 g/mol. The summed E-state index contributed by atoms with van der Waals surface area (Å²) in [4.78, 5) is 4.51. The third kappa shape index (κ3) is 2.53. The number of fused-ring (bicyclic) bond motifs is 1. The minimum Gasteiger partial charge on any atom is -0.399 e. The Labute approximate surface area is 122 Å². The summed E-state index contributed by atoms with van der Waals surface area (Å²) in [5, 5.41) is 5.07. The Hall–Kier alpha value is -2.26. The predicted octanol–water partition coefficient (Wildman–Crippen LogP) is 4.52. The van der Waals surface area contributed by atoms with Crippen LogP contribution < -0.4 is 11.1 Å². The van der Waals surface area contributed by atoms with Crippen molar-refractivity contribution in [1.82, 2.24) is 4.98 Å². The van der Waals surface area contributed by atoms with Crippen molar-refractivity contribution in [2.24, 2.45) is 0 Å². The first-order valence-corrected chi connectivity index (χ1v) is 6.69. The second-order valence-corrected chi connectivity index (χ2v) is 5.16. The van der Waals surface area contributed by atoms with Gasteiger partial charge in [-0.25, -0.2) is 0 Å². The van der Waals surface area contributed by atoms with Crippen molar-refractivity contribution in [1.29, 1.82) is 0 Å². The summed E-state index contributed by atoms with van der Waals surface area (Å²) in [6, 6.07) is 15.3. The Balaban J connectivity index is 2.12. The van der Waals surface area contributed by atoms with E-state index in [1.807, 2.05) is 55.5 Å². The van der Waals surface area contributed by atoms with Crippen molar-refractivity contribution in [2.75, 3.05) is 11.1 Å². The number of pyridine rings is 1. The first-order chi connectivity index (χ1) is 9.61. The largest absolute Gasteiger partial charge is 0.399 e. The Kier molecular flexibility index (Phi) is 3.20. The van der Waals surface area contributed by atoms with E-state index in [1.54, 1.807) is 0 Å². The van der Waals surface area contributed by atoms with E-state index in [9.17, 15) is 0 Å². The molecule has 4 heteroatoms. The SMILES string of the molecule is Cc1cc(Nc2cccc(Cl)c2)c2cc(N)ccc2n1. The molecule has 3 N–H and O–H groups in total. The van der Waals surface area contributed by atoms with Crippen molar-refractivity contribution in [2.45, 2.75) is 6.92 Å². The molecule has 0 radical (unpaired) electrons. The third-order valence-corrected chi connectivity index (χ3v) is 3.30. The summed E-state index contributed by atoms with van der Waals surface area (Å²) in [6.07, 6.45) is 0. The van der Waals surface area contributed by atoms with Gasteiger partial charge in [0, 0.05) is 33.2 Å². The van der Waals surface area contributed by atoms with Crippen LogP contribution in [0.2, 0.25) is 5.02 Å². The number of aromatic nitrogens is 1. The Morgan fingerprint density at radius 2 is 1.95 bits per heavy atom. The number of halogens is 1. The molecule has 0 aliphatic rings. The maximum atomic E-state index is 6.01. The summed E-state index contributed by atoms with van der Waals surface area (Å²) in [5.41, 5.74) is 10.4. The van der Waals surface area contributed by atoms with Crippen LogP contribution in [0.4, 0.5) is 17.1 Å². The van der Waals surface area contributed by atoms with E-state index in [4.69, 9.17) is 17.3 Å². The van der Waals surface area contributed by atoms with E-state index in [0.29, 0.717) is 5.02 Å². The van der Waals surface area contributed by atoms with Crippen LogP contribution >= 0.6 is 11.6 Å². The van der Waals surface area contributed by atoms with Gasteiger partial charge in [-0.2, -0.15) is 0 Å². The number of nitrogen functional groups attached to an aromatic ring is 1. The minimum atomic E-state index is 0.699. The van der Waals surface area contributed by atoms with Gasteiger partial charge in [0.1, 0.15) is 0 Å². The van der Waals surface area contributed by atoms with Gasteiger partial charge < -0.3 is 11.1 Å². The lowest BCUT2D eigenvalue weighted by Gasteiger charge is -2.11. The van der Waals surface area contributed by atoms with Gasteiger partial charge in [-0.3, -0.25) is 4.98 Å². The van der Waals surface area contributed by atoms with Crippen LogP contribution in [-0.2, 0) is 0 Å². The van der Waals surface area contributed by atoms with E-state index in [0.717, 1.165) is 33.7 Å². The minimum absolute atomic E-state index is 0.699. The molecule has 2 aromatic carbocycles. The van der Waals surface area contributed by atoms with Gasteiger partial charge in [-0.1, -0.05) is 17.7 Å². The van der Waals surface area contributed by atoms with E-state index in [-0.39, 0.29) is 0 Å². The number of nitrogens with zero attached hydrogens (tertiary/aromatic N) is 1. The number of anilines is 3. The molecular formula is C16H14ClN3. The van der Waals surface area contributed by atoms with Gasteiger partial charge in [0.25, 0.3) is 0 Å². The van der Waals surface area contributed by atoms with Gasteiger partial charge in [0.2, 0.25) is 0 Å². The number of aryl methyl sites for hydroxylation is 1. The second-order valence-electron chi connectivity index (χ2n) is 4.72. The van der Waals surface area contributed by atoms with Crippen molar-refractivity contribution >= 4 is 39.6 Å². The van der Waals surface area contributed by atoms with Gasteiger partial charge in [0.05, 0.1) is 5.52 Å². The van der Waals surface area contributed by atoms with Gasteiger partial charge in [-0.15, -0.1) is 0 Å². The van der Waals surface area contributed by atoms with Crippen LogP contribution in [0, 0.1) is 6.92 Å². The number of hydrogen-bond donors (Lipinski definition) is 2. The summed E-state index contributed by atoms with van der Waals surface area (Å²) in [6.45, 7) is 1.97. The molecule has 3 nitrogen and oxygen atoms in total. The molecule has 0 aliphatic heterocycles. The molecule has 0 aliphatic carbocycles. The zero-order valence-electron chi connectivity index (χ0n) is 11.0. The van der Waals surface area contributed by atoms with Crippen molar-refractivity contribution in [3.63, 3.8) is 0 Å². The third-order valence-electron chi connectivity index (χ3n) is 3.06. The summed E-state index contributed by atoms with van der Waals surface area (Å²) >= 11 is 6.01. The summed E-state index contributed by atoms with van der Waals surface area (Å²) < 4.78 is 0. The first kappa shape index (κ1) is 12.8. The molecule has 0 bridgehead atoms. The highest BCUT2D eigenvalue weighted by Crippen LogP contribution is 2.28. The number of nitrogens with two attached hydrogens (primary N) is 1. The summed E-state index contributed by atoms with van der Waals surface area (Å²) in [7, 11) is 0. The van der Waals surface area contributed by atoms with Crippen LogP contribution in [0.3, 0.4) is 0 Å². The highest BCUT2D eigenvalue weighted by atomic mass is 35.5.